The van der Waals surface area contributed by atoms with Crippen LogP contribution in [0.5, 0.6) is 5.75 Å². The molecule has 9 nitrogen and oxygen atoms in total. The summed E-state index contributed by atoms with van der Waals surface area (Å²) >= 11 is 3.50. The molecule has 0 bridgehead atoms. The third-order valence-electron chi connectivity index (χ3n) is 6.94. The van der Waals surface area contributed by atoms with Crippen LogP contribution < -0.4 is 14.7 Å². The van der Waals surface area contributed by atoms with Crippen LogP contribution in [-0.4, -0.2) is 30.0 Å². The van der Waals surface area contributed by atoms with Crippen LogP contribution in [-0.2, 0) is 14.4 Å². The van der Waals surface area contributed by atoms with Crippen LogP contribution in [0.2, 0.25) is 0 Å². The summed E-state index contributed by atoms with van der Waals surface area (Å²) < 4.78 is 6.02. The SMILES string of the molecule is COc1ccc([C@@H]2[C@@H]3C(=O)N(c4cccc5ccccc45)C(=O)[C@H]3ON2c2cccc([N+](=O)[O-])c2)cc1Br. The second-order valence-corrected chi connectivity index (χ2v) is 9.86. The molecule has 2 aliphatic heterocycles. The summed E-state index contributed by atoms with van der Waals surface area (Å²) in [6.07, 6.45) is -1.10. The third-order valence-corrected chi connectivity index (χ3v) is 7.56. The maximum absolute atomic E-state index is 14.0. The van der Waals surface area contributed by atoms with Crippen molar-refractivity contribution in [1.82, 2.24) is 0 Å². The Morgan fingerprint density at radius 3 is 2.47 bits per heavy atom. The number of nitrogens with zero attached hydrogens (tertiary/aromatic N) is 3. The highest BCUT2D eigenvalue weighted by molar-refractivity contribution is 9.10. The zero-order chi connectivity index (χ0) is 26.6. The molecule has 4 aromatic carbocycles. The molecule has 0 saturated carbocycles. The van der Waals surface area contributed by atoms with E-state index >= 15 is 0 Å². The highest BCUT2D eigenvalue weighted by Gasteiger charge is 2.60. The molecule has 2 aliphatic rings. The minimum absolute atomic E-state index is 0.132. The molecule has 3 atom stereocenters. The van der Waals surface area contributed by atoms with Crippen molar-refractivity contribution in [2.24, 2.45) is 5.92 Å². The Bertz CT molecular complexity index is 1620. The van der Waals surface area contributed by atoms with Crippen LogP contribution >= 0.6 is 15.9 Å². The Morgan fingerprint density at radius 1 is 0.947 bits per heavy atom. The van der Waals surface area contributed by atoms with Gasteiger partial charge in [-0.3, -0.25) is 24.5 Å². The number of imide groups is 1. The van der Waals surface area contributed by atoms with Crippen molar-refractivity contribution in [1.29, 1.82) is 0 Å². The van der Waals surface area contributed by atoms with Crippen molar-refractivity contribution >= 4 is 55.6 Å². The average Bonchev–Trinajstić information content (AvgIpc) is 3.44. The first kappa shape index (κ1) is 24.1. The van der Waals surface area contributed by atoms with Gasteiger partial charge in [0.25, 0.3) is 11.6 Å². The largest absolute Gasteiger partial charge is 0.496 e. The number of nitro groups is 1. The Labute approximate surface area is 225 Å². The number of carbonyl (C=O) groups excluding carboxylic acids is 2. The molecule has 6 rings (SSSR count). The number of anilines is 2. The van der Waals surface area contributed by atoms with Crippen molar-refractivity contribution in [2.45, 2.75) is 12.1 Å². The van der Waals surface area contributed by atoms with Crippen molar-refractivity contribution in [2.75, 3.05) is 17.1 Å². The van der Waals surface area contributed by atoms with Gasteiger partial charge >= 0.3 is 0 Å². The van der Waals surface area contributed by atoms with Gasteiger partial charge in [0, 0.05) is 17.5 Å². The number of nitro benzene ring substituents is 1. The highest BCUT2D eigenvalue weighted by atomic mass is 79.9. The lowest BCUT2D eigenvalue weighted by Crippen LogP contribution is -2.37. The summed E-state index contributed by atoms with van der Waals surface area (Å²) in [4.78, 5) is 46.1. The van der Waals surface area contributed by atoms with E-state index in [1.165, 1.54) is 28.2 Å². The van der Waals surface area contributed by atoms with Gasteiger partial charge in [-0.25, -0.2) is 9.96 Å². The van der Waals surface area contributed by atoms with Crippen LogP contribution in [0.4, 0.5) is 17.1 Å². The number of ether oxygens (including phenoxy) is 1. The molecular formula is C28H20BrN3O6. The third kappa shape index (κ3) is 3.72. The summed E-state index contributed by atoms with van der Waals surface area (Å²) in [5.41, 5.74) is 1.40. The van der Waals surface area contributed by atoms with Crippen LogP contribution in [0.3, 0.4) is 0 Å². The summed E-state index contributed by atoms with van der Waals surface area (Å²) in [6.45, 7) is 0. The zero-order valence-corrected chi connectivity index (χ0v) is 21.6. The summed E-state index contributed by atoms with van der Waals surface area (Å²) in [6, 6.07) is 23.6. The molecule has 2 saturated heterocycles. The number of hydroxylamine groups is 1. The summed E-state index contributed by atoms with van der Waals surface area (Å²) in [5, 5.41) is 14.6. The Hall–Kier alpha value is -4.28. The quantitative estimate of drug-likeness (QED) is 0.175. The molecule has 0 aliphatic carbocycles. The van der Waals surface area contributed by atoms with E-state index in [0.717, 1.165) is 10.8 Å². The predicted molar refractivity (Wildman–Crippen MR) is 144 cm³/mol. The fourth-order valence-corrected chi connectivity index (χ4v) is 5.79. The van der Waals surface area contributed by atoms with E-state index in [1.807, 2.05) is 30.3 Å². The van der Waals surface area contributed by atoms with Crippen LogP contribution in [0.25, 0.3) is 10.8 Å². The number of hydrogen-bond acceptors (Lipinski definition) is 7. The number of halogens is 1. The van der Waals surface area contributed by atoms with E-state index in [-0.39, 0.29) is 5.69 Å². The first-order valence-electron chi connectivity index (χ1n) is 11.8. The normalized spacial score (nSPS) is 20.7. The fourth-order valence-electron chi connectivity index (χ4n) is 5.23. The van der Waals surface area contributed by atoms with Crippen molar-refractivity contribution in [3.05, 3.63) is 105 Å². The molecule has 0 radical (unpaired) electrons. The van der Waals surface area contributed by atoms with Crippen molar-refractivity contribution in [3.8, 4) is 5.75 Å². The molecule has 0 aromatic heterocycles. The lowest BCUT2D eigenvalue weighted by Gasteiger charge is -2.29. The van der Waals surface area contributed by atoms with E-state index < -0.39 is 34.8 Å². The first-order valence-corrected chi connectivity index (χ1v) is 12.6. The van der Waals surface area contributed by atoms with E-state index in [4.69, 9.17) is 9.57 Å². The van der Waals surface area contributed by atoms with Gasteiger partial charge in [-0.15, -0.1) is 0 Å². The van der Waals surface area contributed by atoms with Crippen molar-refractivity contribution < 1.29 is 24.1 Å². The topological polar surface area (TPSA) is 102 Å². The van der Waals surface area contributed by atoms with Gasteiger partial charge in [0.2, 0.25) is 5.91 Å². The van der Waals surface area contributed by atoms with Gasteiger partial charge in [0.1, 0.15) is 11.7 Å². The lowest BCUT2D eigenvalue weighted by molar-refractivity contribution is -0.384. The second-order valence-electron chi connectivity index (χ2n) is 9.00. The maximum Gasteiger partial charge on any atom is 0.271 e. The monoisotopic (exact) mass is 573 g/mol. The number of carbonyl (C=O) groups is 2. The zero-order valence-electron chi connectivity index (χ0n) is 20.0. The van der Waals surface area contributed by atoms with Gasteiger partial charge in [0.15, 0.2) is 6.10 Å². The average molecular weight is 574 g/mol. The summed E-state index contributed by atoms with van der Waals surface area (Å²) in [5.74, 6) is -1.18. The number of rotatable bonds is 5. The van der Waals surface area contributed by atoms with Gasteiger partial charge in [-0.05, 0) is 51.1 Å². The van der Waals surface area contributed by atoms with Crippen LogP contribution in [0.1, 0.15) is 11.6 Å². The molecule has 0 N–H and O–H groups in total. The van der Waals surface area contributed by atoms with Gasteiger partial charge < -0.3 is 4.74 Å². The molecule has 2 amide bonds. The molecular weight excluding hydrogens is 554 g/mol. The molecule has 2 fully saturated rings. The predicted octanol–water partition coefficient (Wildman–Crippen LogP) is 5.57. The maximum atomic E-state index is 14.0. The standard InChI is InChI=1S/C28H20BrN3O6/c1-37-23-13-12-17(14-21(23)29)25-24-26(38-31(25)18-8-5-9-19(15-18)32(35)36)28(34)30(27(24)33)22-11-4-7-16-6-2-3-10-20(16)22/h2-15,24-26H,1H3/t24-,25+,26-/m0/s1. The summed E-state index contributed by atoms with van der Waals surface area (Å²) in [7, 11) is 1.55. The molecule has 0 spiro atoms. The lowest BCUT2D eigenvalue weighted by atomic mass is 9.90. The van der Waals surface area contributed by atoms with E-state index in [0.29, 0.717) is 27.2 Å². The number of methoxy groups -OCH3 is 1. The smallest absolute Gasteiger partial charge is 0.271 e. The van der Waals surface area contributed by atoms with Gasteiger partial charge in [-0.1, -0.05) is 48.5 Å². The molecule has 4 aromatic rings. The molecule has 38 heavy (non-hydrogen) atoms. The minimum Gasteiger partial charge on any atom is -0.496 e. The van der Waals surface area contributed by atoms with E-state index in [1.54, 1.807) is 43.5 Å². The molecule has 2 heterocycles. The van der Waals surface area contributed by atoms with E-state index in [9.17, 15) is 19.7 Å². The van der Waals surface area contributed by atoms with Gasteiger partial charge in [0.05, 0.1) is 33.9 Å². The van der Waals surface area contributed by atoms with Crippen molar-refractivity contribution in [3.63, 3.8) is 0 Å². The first-order chi connectivity index (χ1) is 18.4. The number of fused-ring (bicyclic) bond motifs is 2. The Balaban J connectivity index is 1.48. The Morgan fingerprint density at radius 2 is 1.71 bits per heavy atom. The molecule has 190 valence electrons. The van der Waals surface area contributed by atoms with E-state index in [2.05, 4.69) is 15.9 Å². The molecule has 10 heteroatoms. The highest BCUT2D eigenvalue weighted by Crippen LogP contribution is 2.49. The number of non-ortho nitro benzene ring substituents is 1. The minimum atomic E-state index is -1.10. The number of benzene rings is 4. The molecule has 0 unspecified atom stereocenters. The number of hydrogen-bond donors (Lipinski definition) is 0. The fraction of sp³-hybridized carbons (Fsp3) is 0.143. The van der Waals surface area contributed by atoms with Gasteiger partial charge in [-0.2, -0.15) is 0 Å². The Kier molecular flexibility index (Phi) is 5.85. The van der Waals surface area contributed by atoms with Crippen LogP contribution in [0, 0.1) is 16.0 Å². The second kappa shape index (κ2) is 9.23. The number of amides is 2. The van der Waals surface area contributed by atoms with Crippen LogP contribution in [0.15, 0.2) is 89.4 Å².